The van der Waals surface area contributed by atoms with Gasteiger partial charge in [-0.25, -0.2) is 0 Å². The van der Waals surface area contributed by atoms with E-state index in [9.17, 15) is 10.2 Å². The molecule has 1 aliphatic carbocycles. The average molecular weight is 564 g/mol. The van der Waals surface area contributed by atoms with Gasteiger partial charge >= 0.3 is 0 Å². The number of hydrogen-bond donors (Lipinski definition) is 2. The van der Waals surface area contributed by atoms with Crippen LogP contribution in [0.1, 0.15) is 31.4 Å². The second kappa shape index (κ2) is 9.71. The van der Waals surface area contributed by atoms with Gasteiger partial charge in [0.05, 0.1) is 0 Å². The van der Waals surface area contributed by atoms with E-state index in [0.29, 0.717) is 10.8 Å². The Morgan fingerprint density at radius 1 is 0.690 bits per heavy atom. The first kappa shape index (κ1) is 21.1. The Hall–Kier alpha value is -2.64. The smallest absolute Gasteiger partial charge is 0.166 e. The Balaban J connectivity index is 0.000000167. The van der Waals surface area contributed by atoms with Crippen molar-refractivity contribution >= 4 is 27.1 Å². The molecule has 0 amide bonds. The fraction of sp³-hybridized carbons (Fsp3) is 0.160. The Bertz CT molecular complexity index is 1080. The van der Waals surface area contributed by atoms with Crippen LogP contribution in [0, 0.1) is 6.08 Å². The number of benzene rings is 3. The molecule has 0 radical (unpaired) electrons. The quantitative estimate of drug-likeness (QED) is 0.164. The molecular formula is C25H22NO2Pt-. The predicted octanol–water partition coefficient (Wildman–Crippen LogP) is 6.24. The summed E-state index contributed by atoms with van der Waals surface area (Å²) in [5, 5.41) is 23.1. The molecule has 1 heterocycles. The third-order valence-corrected chi connectivity index (χ3v) is 5.04. The van der Waals surface area contributed by atoms with Crippen molar-refractivity contribution in [2.24, 2.45) is 0 Å². The van der Waals surface area contributed by atoms with Gasteiger partial charge in [-0.1, -0.05) is 79.6 Å². The second-order valence-corrected chi connectivity index (χ2v) is 6.87. The van der Waals surface area contributed by atoms with Crippen LogP contribution >= 0.6 is 0 Å². The first-order valence-corrected chi connectivity index (χ1v) is 9.58. The summed E-state index contributed by atoms with van der Waals surface area (Å²) in [4.78, 5) is 4.30. The molecule has 4 heteroatoms. The zero-order chi connectivity index (χ0) is 19.3. The molecule has 2 N–H and O–H groups in total. The van der Waals surface area contributed by atoms with Crippen LogP contribution < -0.4 is 0 Å². The summed E-state index contributed by atoms with van der Waals surface area (Å²) in [6.07, 6.45) is 10.1. The minimum Gasteiger partial charge on any atom is -0.504 e. The first-order valence-electron chi connectivity index (χ1n) is 9.58. The normalized spacial score (nSPS) is 13.2. The summed E-state index contributed by atoms with van der Waals surface area (Å²) in [5.41, 5.74) is 2.42. The van der Waals surface area contributed by atoms with Crippen LogP contribution in [0.15, 0.2) is 72.9 Å². The monoisotopic (exact) mass is 563 g/mol. The molecule has 0 unspecified atom stereocenters. The largest absolute Gasteiger partial charge is 0.504 e. The molecule has 4 aromatic rings. The first-order chi connectivity index (χ1) is 13.8. The van der Waals surface area contributed by atoms with E-state index in [2.05, 4.69) is 17.1 Å². The van der Waals surface area contributed by atoms with Crippen molar-refractivity contribution in [1.82, 2.24) is 4.98 Å². The third kappa shape index (κ3) is 4.51. The number of aromatic nitrogens is 1. The van der Waals surface area contributed by atoms with Crippen LogP contribution in [0.4, 0.5) is 0 Å². The number of fused-ring (bicyclic) bond motifs is 3. The number of rotatable bonds is 1. The Morgan fingerprint density at radius 3 is 1.72 bits per heavy atom. The molecule has 3 aromatic carbocycles. The summed E-state index contributed by atoms with van der Waals surface area (Å²) < 4.78 is 0. The van der Waals surface area contributed by atoms with Crippen LogP contribution in [-0.4, -0.2) is 15.2 Å². The summed E-state index contributed by atoms with van der Waals surface area (Å²) in [5.74, 6) is -0.0939. The maximum atomic E-state index is 9.91. The van der Waals surface area contributed by atoms with E-state index in [1.54, 1.807) is 12.1 Å². The molecule has 0 aliphatic heterocycles. The maximum Gasteiger partial charge on any atom is 0.166 e. The minimum absolute atomic E-state index is 0. The third-order valence-electron chi connectivity index (χ3n) is 5.04. The Morgan fingerprint density at radius 2 is 1.24 bits per heavy atom. The molecule has 0 saturated carbocycles. The molecule has 0 spiro atoms. The SMILES string of the molecule is Oc1c(O)c2ccccc2c2ccccc12.[C-]1=C(c2ccccn2)CCCC1.[Pt]. The molecule has 150 valence electrons. The van der Waals surface area contributed by atoms with Gasteiger partial charge in [0.25, 0.3) is 0 Å². The van der Waals surface area contributed by atoms with E-state index in [1.807, 2.05) is 54.7 Å². The van der Waals surface area contributed by atoms with E-state index in [0.717, 1.165) is 29.3 Å². The fourth-order valence-electron chi connectivity index (χ4n) is 3.62. The zero-order valence-electron chi connectivity index (χ0n) is 15.9. The van der Waals surface area contributed by atoms with E-state index >= 15 is 0 Å². The predicted molar refractivity (Wildman–Crippen MR) is 114 cm³/mol. The van der Waals surface area contributed by atoms with Gasteiger partial charge in [-0.05, 0) is 16.8 Å². The van der Waals surface area contributed by atoms with Crippen molar-refractivity contribution in [3.05, 3.63) is 84.7 Å². The molecule has 1 aliphatic rings. The number of aromatic hydroxyl groups is 2. The zero-order valence-corrected chi connectivity index (χ0v) is 18.2. The van der Waals surface area contributed by atoms with Crippen LogP contribution in [0.25, 0.3) is 27.1 Å². The molecule has 0 fully saturated rings. The number of phenols is 2. The number of allylic oxidation sites excluding steroid dienone is 2. The van der Waals surface area contributed by atoms with Crippen molar-refractivity contribution in [3.63, 3.8) is 0 Å². The number of hydrogen-bond acceptors (Lipinski definition) is 3. The van der Waals surface area contributed by atoms with Gasteiger partial charge in [-0.15, -0.1) is 12.5 Å². The van der Waals surface area contributed by atoms with E-state index < -0.39 is 0 Å². The maximum absolute atomic E-state index is 9.91. The summed E-state index contributed by atoms with van der Waals surface area (Å²) in [7, 11) is 0. The molecule has 0 atom stereocenters. The standard InChI is InChI=1S/C14H10O2.C11H12N.Pt/c15-13-11-7-3-1-5-9(11)10-6-2-4-8-12(10)14(13)16;1-2-6-10(7-3-1)11-8-4-5-9-12-11;/h1-8,15-16H;4-5,8-9H,1-3,6H2;/q;-1;. The molecular weight excluding hydrogens is 541 g/mol. The van der Waals surface area contributed by atoms with Gasteiger partial charge in [0.2, 0.25) is 0 Å². The van der Waals surface area contributed by atoms with Gasteiger partial charge in [0, 0.05) is 38.0 Å². The molecule has 3 nitrogen and oxygen atoms in total. The van der Waals surface area contributed by atoms with Gasteiger partial charge < -0.3 is 15.2 Å². The van der Waals surface area contributed by atoms with Crippen molar-refractivity contribution in [1.29, 1.82) is 0 Å². The van der Waals surface area contributed by atoms with Gasteiger partial charge in [-0.3, -0.25) is 6.08 Å². The van der Waals surface area contributed by atoms with E-state index in [4.69, 9.17) is 0 Å². The fourth-order valence-corrected chi connectivity index (χ4v) is 3.62. The van der Waals surface area contributed by atoms with Crippen molar-refractivity contribution < 1.29 is 31.3 Å². The Labute approximate surface area is 185 Å². The van der Waals surface area contributed by atoms with Crippen LogP contribution in [-0.2, 0) is 21.1 Å². The van der Waals surface area contributed by atoms with Gasteiger partial charge in [-0.2, -0.15) is 5.57 Å². The number of nitrogens with zero attached hydrogens (tertiary/aromatic N) is 1. The summed E-state index contributed by atoms with van der Waals surface area (Å²) in [6.45, 7) is 0. The minimum atomic E-state index is -0.0469. The summed E-state index contributed by atoms with van der Waals surface area (Å²) >= 11 is 0. The van der Waals surface area contributed by atoms with Crippen LogP contribution in [0.3, 0.4) is 0 Å². The molecule has 5 rings (SSSR count). The number of pyridine rings is 1. The topological polar surface area (TPSA) is 53.4 Å². The van der Waals surface area contributed by atoms with Gasteiger partial charge in [0.1, 0.15) is 0 Å². The van der Waals surface area contributed by atoms with Crippen molar-refractivity contribution in [3.8, 4) is 11.5 Å². The molecule has 1 aromatic heterocycles. The average Bonchev–Trinajstić information content (AvgIpc) is 2.79. The molecule has 0 bridgehead atoms. The second-order valence-electron chi connectivity index (χ2n) is 6.87. The van der Waals surface area contributed by atoms with Crippen molar-refractivity contribution in [2.45, 2.75) is 25.7 Å². The van der Waals surface area contributed by atoms with Crippen molar-refractivity contribution in [2.75, 3.05) is 0 Å². The number of phenolic OH excluding ortho intramolecular Hbond substituents is 2. The van der Waals surface area contributed by atoms with Gasteiger partial charge in [0.15, 0.2) is 11.5 Å². The van der Waals surface area contributed by atoms with Crippen LogP contribution in [0.5, 0.6) is 11.5 Å². The summed E-state index contributed by atoms with van der Waals surface area (Å²) in [6, 6.07) is 21.1. The Kier molecular flexibility index (Phi) is 7.06. The van der Waals surface area contributed by atoms with E-state index in [1.165, 1.54) is 18.4 Å². The van der Waals surface area contributed by atoms with E-state index in [-0.39, 0.29) is 32.6 Å². The molecule has 0 saturated heterocycles. The van der Waals surface area contributed by atoms with Crippen LogP contribution in [0.2, 0.25) is 0 Å². The molecule has 29 heavy (non-hydrogen) atoms.